The zero-order valence-electron chi connectivity index (χ0n) is 21.4. The number of pyridine rings is 1. The lowest BCUT2D eigenvalue weighted by atomic mass is 9.92. The Balaban J connectivity index is 1.53. The molecule has 200 valence electrons. The molecule has 40 heavy (non-hydrogen) atoms. The molecule has 0 atom stereocenters. The summed E-state index contributed by atoms with van der Waals surface area (Å²) in [5, 5.41) is 1.73. The number of aromatic nitrogens is 2. The number of sulfone groups is 1. The van der Waals surface area contributed by atoms with Gasteiger partial charge in [-0.25, -0.2) is 13.4 Å². The average Bonchev–Trinajstić information content (AvgIpc) is 3.31. The highest BCUT2D eigenvalue weighted by molar-refractivity contribution is 7.90. The van der Waals surface area contributed by atoms with Crippen molar-refractivity contribution in [1.82, 2.24) is 9.97 Å². The van der Waals surface area contributed by atoms with Gasteiger partial charge in [-0.3, -0.25) is 0 Å². The normalized spacial score (nSPS) is 12.1. The van der Waals surface area contributed by atoms with Crippen LogP contribution in [0.15, 0.2) is 114 Å². The Kier molecular flexibility index (Phi) is 6.40. The fourth-order valence-electron chi connectivity index (χ4n) is 4.91. The van der Waals surface area contributed by atoms with Gasteiger partial charge in [0.25, 0.3) is 0 Å². The van der Waals surface area contributed by atoms with Crippen LogP contribution in [0.25, 0.3) is 44.2 Å². The van der Waals surface area contributed by atoms with E-state index in [2.05, 4.69) is 4.98 Å². The fraction of sp³-hybridized carbons (Fsp3) is 0.0645. The van der Waals surface area contributed by atoms with Crippen molar-refractivity contribution in [1.29, 1.82) is 0 Å². The first-order valence-corrected chi connectivity index (χ1v) is 15.9. The largest absolute Gasteiger partial charge is 0.383 e. The molecular formula is C31H24N2O5S2. The third-order valence-corrected chi connectivity index (χ3v) is 8.82. The monoisotopic (exact) mass is 568 g/mol. The molecule has 0 amide bonds. The van der Waals surface area contributed by atoms with Crippen molar-refractivity contribution < 1.29 is 21.0 Å². The number of nitrogens with zero attached hydrogens (tertiary/aromatic N) is 1. The van der Waals surface area contributed by atoms with Crippen molar-refractivity contribution in [2.75, 3.05) is 6.26 Å². The first kappa shape index (κ1) is 25.8. The number of fused-ring (bicyclic) bond motifs is 3. The summed E-state index contributed by atoms with van der Waals surface area (Å²) in [6, 6.07) is 30.8. The number of nitrogens with one attached hydrogen (secondary N) is 1. The lowest BCUT2D eigenvalue weighted by molar-refractivity contribution is 0.493. The number of hydrogen-bond donors (Lipinski definition) is 1. The molecule has 2 heterocycles. The van der Waals surface area contributed by atoms with E-state index in [9.17, 15) is 16.8 Å². The van der Waals surface area contributed by atoms with Crippen LogP contribution < -0.4 is 4.18 Å². The van der Waals surface area contributed by atoms with E-state index < -0.39 is 20.0 Å². The molecular weight excluding hydrogens is 544 g/mol. The molecule has 1 N–H and O–H groups in total. The van der Waals surface area contributed by atoms with E-state index in [0.29, 0.717) is 11.2 Å². The zero-order chi connectivity index (χ0) is 27.9. The van der Waals surface area contributed by atoms with Crippen LogP contribution in [0.3, 0.4) is 0 Å². The maximum absolute atomic E-state index is 13.1. The first-order chi connectivity index (χ1) is 19.2. The van der Waals surface area contributed by atoms with Gasteiger partial charge in [-0.1, -0.05) is 66.7 Å². The molecule has 4 aromatic carbocycles. The first-order valence-electron chi connectivity index (χ1n) is 12.4. The Morgan fingerprint density at radius 2 is 1.45 bits per heavy atom. The van der Waals surface area contributed by atoms with Crippen molar-refractivity contribution in [2.24, 2.45) is 0 Å². The second-order valence-electron chi connectivity index (χ2n) is 9.53. The van der Waals surface area contributed by atoms with Crippen LogP contribution in [-0.2, 0) is 25.7 Å². The van der Waals surface area contributed by atoms with Crippen molar-refractivity contribution >= 4 is 41.9 Å². The van der Waals surface area contributed by atoms with Gasteiger partial charge in [0.2, 0.25) is 0 Å². The summed E-state index contributed by atoms with van der Waals surface area (Å²) in [5.41, 5.74) is 5.75. The third kappa shape index (κ3) is 5.09. The molecule has 0 spiro atoms. The molecule has 0 radical (unpaired) electrons. The minimum Gasteiger partial charge on any atom is -0.383 e. The summed E-state index contributed by atoms with van der Waals surface area (Å²) < 4.78 is 54.4. The standard InChI is InChI=1S/C31H24N2O5S2/c1-39(34,35)38-24-15-13-22(14-16-24)27-19-32-31-30(29(27)23-8-4-2-5-9-23)26-18-21(12-17-28(26)33-31)20-40(36,37)25-10-6-3-7-11-25/h2-19H,20H2,1H3,(H,32,33). The predicted octanol–water partition coefficient (Wildman–Crippen LogP) is 6.36. The third-order valence-electron chi connectivity index (χ3n) is 6.62. The molecule has 2 aromatic heterocycles. The van der Waals surface area contributed by atoms with Gasteiger partial charge in [0.05, 0.1) is 16.9 Å². The van der Waals surface area contributed by atoms with E-state index >= 15 is 0 Å². The van der Waals surface area contributed by atoms with Gasteiger partial charge in [-0.15, -0.1) is 0 Å². The van der Waals surface area contributed by atoms with Crippen LogP contribution in [-0.4, -0.2) is 33.1 Å². The lowest BCUT2D eigenvalue weighted by Gasteiger charge is -2.13. The van der Waals surface area contributed by atoms with Crippen molar-refractivity contribution in [2.45, 2.75) is 10.6 Å². The van der Waals surface area contributed by atoms with E-state index in [0.717, 1.165) is 44.8 Å². The van der Waals surface area contributed by atoms with E-state index in [1.807, 2.05) is 48.5 Å². The van der Waals surface area contributed by atoms with Crippen LogP contribution >= 0.6 is 0 Å². The van der Waals surface area contributed by atoms with Crippen molar-refractivity contribution in [3.63, 3.8) is 0 Å². The molecule has 0 aliphatic carbocycles. The number of aromatic amines is 1. The van der Waals surface area contributed by atoms with E-state index in [1.165, 1.54) is 0 Å². The molecule has 0 bridgehead atoms. The van der Waals surface area contributed by atoms with Crippen LogP contribution in [0.1, 0.15) is 5.56 Å². The number of hydrogen-bond acceptors (Lipinski definition) is 6. The van der Waals surface area contributed by atoms with Gasteiger partial charge in [0, 0.05) is 33.6 Å². The second kappa shape index (κ2) is 9.93. The van der Waals surface area contributed by atoms with Crippen molar-refractivity contribution in [3.05, 3.63) is 115 Å². The van der Waals surface area contributed by atoms with Gasteiger partial charge < -0.3 is 9.17 Å². The van der Waals surface area contributed by atoms with Gasteiger partial charge >= 0.3 is 10.1 Å². The second-order valence-corrected chi connectivity index (χ2v) is 13.1. The van der Waals surface area contributed by atoms with Crippen LogP contribution in [0, 0.1) is 0 Å². The Morgan fingerprint density at radius 3 is 2.12 bits per heavy atom. The Labute approximate surface area is 232 Å². The van der Waals surface area contributed by atoms with Gasteiger partial charge in [-0.2, -0.15) is 8.42 Å². The molecule has 9 heteroatoms. The Bertz CT molecular complexity index is 2070. The Morgan fingerprint density at radius 1 is 0.775 bits per heavy atom. The average molecular weight is 569 g/mol. The van der Waals surface area contributed by atoms with Crippen LogP contribution in [0.5, 0.6) is 5.75 Å². The summed E-state index contributed by atoms with van der Waals surface area (Å²) in [6.07, 6.45) is 2.79. The highest BCUT2D eigenvalue weighted by Crippen LogP contribution is 2.41. The molecule has 0 unspecified atom stereocenters. The smallest absolute Gasteiger partial charge is 0.306 e. The highest BCUT2D eigenvalue weighted by atomic mass is 32.2. The summed E-state index contributed by atoms with van der Waals surface area (Å²) in [6.45, 7) is 0. The Hall–Kier alpha value is -4.47. The maximum Gasteiger partial charge on any atom is 0.306 e. The predicted molar refractivity (Wildman–Crippen MR) is 157 cm³/mol. The molecule has 7 nitrogen and oxygen atoms in total. The van der Waals surface area contributed by atoms with E-state index in [4.69, 9.17) is 9.17 Å². The van der Waals surface area contributed by atoms with Gasteiger partial charge in [0.1, 0.15) is 11.4 Å². The summed E-state index contributed by atoms with van der Waals surface area (Å²) in [7, 11) is -7.18. The van der Waals surface area contributed by atoms with E-state index in [1.54, 1.807) is 60.8 Å². The number of benzene rings is 4. The molecule has 6 rings (SSSR count). The number of rotatable bonds is 7. The minimum absolute atomic E-state index is 0.130. The van der Waals surface area contributed by atoms with Crippen molar-refractivity contribution in [3.8, 4) is 28.0 Å². The minimum atomic E-state index is -3.65. The molecule has 0 aliphatic rings. The summed E-state index contributed by atoms with van der Waals surface area (Å²) in [5.74, 6) is 0.0905. The quantitative estimate of drug-likeness (QED) is 0.225. The fourth-order valence-corrected chi connectivity index (χ4v) is 6.73. The maximum atomic E-state index is 13.1. The molecule has 0 aliphatic heterocycles. The summed E-state index contributed by atoms with van der Waals surface area (Å²) >= 11 is 0. The highest BCUT2D eigenvalue weighted by Gasteiger charge is 2.20. The van der Waals surface area contributed by atoms with Crippen LogP contribution in [0.4, 0.5) is 0 Å². The molecule has 0 saturated heterocycles. The lowest BCUT2D eigenvalue weighted by Crippen LogP contribution is -2.05. The topological polar surface area (TPSA) is 106 Å². The summed E-state index contributed by atoms with van der Waals surface area (Å²) in [4.78, 5) is 8.37. The molecule has 6 aromatic rings. The van der Waals surface area contributed by atoms with E-state index in [-0.39, 0.29) is 16.4 Å². The number of H-pyrrole nitrogens is 1. The molecule has 0 saturated carbocycles. The van der Waals surface area contributed by atoms with Gasteiger partial charge in [0.15, 0.2) is 9.84 Å². The zero-order valence-corrected chi connectivity index (χ0v) is 23.0. The van der Waals surface area contributed by atoms with Gasteiger partial charge in [-0.05, 0) is 53.1 Å². The molecule has 0 fully saturated rings. The van der Waals surface area contributed by atoms with Crippen LogP contribution in [0.2, 0.25) is 0 Å². The SMILES string of the molecule is CS(=O)(=O)Oc1ccc(-c2cnc3[nH]c4ccc(CS(=O)(=O)c5ccccc5)cc4c3c2-c2ccccc2)cc1.